The monoisotopic (exact) mass is 268 g/mol. The van der Waals surface area contributed by atoms with E-state index in [-0.39, 0.29) is 17.9 Å². The van der Waals surface area contributed by atoms with E-state index in [2.05, 4.69) is 4.84 Å². The number of rotatable bonds is 4. The molecule has 9 nitrogen and oxygen atoms in total. The summed E-state index contributed by atoms with van der Waals surface area (Å²) in [4.78, 5) is 36.8. The Kier molecular flexibility index (Phi) is 5.55. The SMILES string of the molecule is CCC(C(=O)N(C=O)OC(=O)NC)S(=O)(=O)O. The Bertz CT molecular complexity index is 404. The van der Waals surface area contributed by atoms with Gasteiger partial charge in [0.1, 0.15) is 0 Å². The van der Waals surface area contributed by atoms with Crippen molar-refractivity contribution in [3.8, 4) is 0 Å². The molecule has 0 aromatic carbocycles. The Morgan fingerprint density at radius 1 is 1.53 bits per heavy atom. The van der Waals surface area contributed by atoms with Gasteiger partial charge in [0.2, 0.25) is 0 Å². The maximum Gasteiger partial charge on any atom is 0.431 e. The summed E-state index contributed by atoms with van der Waals surface area (Å²) >= 11 is 0. The Morgan fingerprint density at radius 2 is 2.06 bits per heavy atom. The van der Waals surface area contributed by atoms with Crippen molar-refractivity contribution in [3.63, 3.8) is 0 Å². The molecular weight excluding hydrogens is 256 g/mol. The van der Waals surface area contributed by atoms with E-state index in [0.29, 0.717) is 0 Å². The van der Waals surface area contributed by atoms with Crippen LogP contribution in [0.25, 0.3) is 0 Å². The Hall–Kier alpha value is -1.68. The second kappa shape index (κ2) is 6.15. The lowest BCUT2D eigenvalue weighted by molar-refractivity contribution is -0.170. The second-order valence-corrected chi connectivity index (χ2v) is 4.41. The van der Waals surface area contributed by atoms with Gasteiger partial charge < -0.3 is 10.2 Å². The van der Waals surface area contributed by atoms with Crippen LogP contribution in [-0.4, -0.2) is 48.7 Å². The van der Waals surface area contributed by atoms with Gasteiger partial charge in [0.25, 0.3) is 22.4 Å². The first-order valence-corrected chi connectivity index (χ1v) is 5.92. The molecule has 0 aliphatic carbocycles. The molecule has 1 atom stereocenters. The van der Waals surface area contributed by atoms with E-state index in [1.165, 1.54) is 14.0 Å². The third-order valence-corrected chi connectivity index (χ3v) is 2.96. The van der Waals surface area contributed by atoms with Gasteiger partial charge in [-0.05, 0) is 6.42 Å². The average molecular weight is 268 g/mol. The predicted octanol–water partition coefficient (Wildman–Crippen LogP) is -1.09. The average Bonchev–Trinajstić information content (AvgIpc) is 2.24. The third kappa shape index (κ3) is 4.36. The fourth-order valence-electron chi connectivity index (χ4n) is 0.908. The molecular formula is C7H12N2O7S. The number of hydrogen-bond acceptors (Lipinski definition) is 6. The van der Waals surface area contributed by atoms with E-state index >= 15 is 0 Å². The summed E-state index contributed by atoms with van der Waals surface area (Å²) in [6, 6.07) is 0. The van der Waals surface area contributed by atoms with Crippen LogP contribution in [0.15, 0.2) is 0 Å². The molecule has 10 heteroatoms. The summed E-state index contributed by atoms with van der Waals surface area (Å²) in [6.45, 7) is 1.30. The molecule has 0 heterocycles. The number of hydrogen-bond donors (Lipinski definition) is 2. The molecule has 0 radical (unpaired) electrons. The second-order valence-electron chi connectivity index (χ2n) is 2.81. The zero-order valence-electron chi connectivity index (χ0n) is 9.11. The van der Waals surface area contributed by atoms with E-state index in [9.17, 15) is 22.8 Å². The number of nitrogens with one attached hydrogen (secondary N) is 1. The normalized spacial score (nSPS) is 12.4. The highest BCUT2D eigenvalue weighted by Crippen LogP contribution is 2.08. The fraction of sp³-hybridized carbons (Fsp3) is 0.571. The van der Waals surface area contributed by atoms with Crippen LogP contribution in [0.4, 0.5) is 4.79 Å². The molecule has 3 amide bonds. The Labute approximate surface area is 97.4 Å². The van der Waals surface area contributed by atoms with Crippen LogP contribution in [0.2, 0.25) is 0 Å². The molecule has 0 aromatic heterocycles. The summed E-state index contributed by atoms with van der Waals surface area (Å²) in [5.74, 6) is -1.35. The van der Waals surface area contributed by atoms with E-state index in [4.69, 9.17) is 4.55 Å². The van der Waals surface area contributed by atoms with Gasteiger partial charge in [-0.1, -0.05) is 6.92 Å². The lowest BCUT2D eigenvalue weighted by atomic mass is 10.3. The van der Waals surface area contributed by atoms with Crippen molar-refractivity contribution >= 4 is 28.5 Å². The molecule has 17 heavy (non-hydrogen) atoms. The van der Waals surface area contributed by atoms with E-state index in [1.807, 2.05) is 5.32 Å². The predicted molar refractivity (Wildman–Crippen MR) is 54.1 cm³/mol. The van der Waals surface area contributed by atoms with Crippen molar-refractivity contribution in [1.29, 1.82) is 0 Å². The van der Waals surface area contributed by atoms with Gasteiger partial charge in [0.15, 0.2) is 5.25 Å². The minimum absolute atomic E-state index is 0.0965. The minimum Gasteiger partial charge on any atom is -0.323 e. The molecule has 0 aliphatic rings. The highest BCUT2D eigenvalue weighted by molar-refractivity contribution is 7.87. The fourth-order valence-corrected chi connectivity index (χ4v) is 1.69. The maximum atomic E-state index is 11.5. The number of carbonyl (C=O) groups is 3. The maximum absolute atomic E-state index is 11.5. The molecule has 0 saturated carbocycles. The lowest BCUT2D eigenvalue weighted by Gasteiger charge is -2.17. The number of amides is 3. The van der Waals surface area contributed by atoms with Crippen LogP contribution >= 0.6 is 0 Å². The zero-order chi connectivity index (χ0) is 13.6. The molecule has 0 rings (SSSR count). The summed E-state index contributed by atoms with van der Waals surface area (Å²) in [5, 5.41) is -0.00558. The van der Waals surface area contributed by atoms with Gasteiger partial charge in [0.05, 0.1) is 0 Å². The van der Waals surface area contributed by atoms with Crippen LogP contribution in [-0.2, 0) is 24.5 Å². The first kappa shape index (κ1) is 15.3. The first-order chi connectivity index (χ1) is 7.77. The molecule has 98 valence electrons. The van der Waals surface area contributed by atoms with Gasteiger partial charge >= 0.3 is 6.09 Å². The van der Waals surface area contributed by atoms with E-state index in [1.54, 1.807) is 0 Å². The van der Waals surface area contributed by atoms with Crippen molar-refractivity contribution in [1.82, 2.24) is 10.4 Å². The number of nitrogens with zero attached hydrogens (tertiary/aromatic N) is 1. The van der Waals surface area contributed by atoms with Gasteiger partial charge in [0, 0.05) is 7.05 Å². The smallest absolute Gasteiger partial charge is 0.323 e. The van der Waals surface area contributed by atoms with Crippen molar-refractivity contribution in [3.05, 3.63) is 0 Å². The Morgan fingerprint density at radius 3 is 2.35 bits per heavy atom. The van der Waals surface area contributed by atoms with E-state index < -0.39 is 27.4 Å². The van der Waals surface area contributed by atoms with Crippen LogP contribution in [0.3, 0.4) is 0 Å². The number of carbonyl (C=O) groups excluding carboxylic acids is 3. The third-order valence-electron chi connectivity index (χ3n) is 1.70. The largest absolute Gasteiger partial charge is 0.431 e. The first-order valence-electron chi connectivity index (χ1n) is 4.42. The standard InChI is InChI=1S/C7H12N2O7S/c1-3-5(17(13,14)15)6(11)9(4-10)16-7(12)8-2/h4-5H,3H2,1-2H3,(H,8,12)(H,13,14,15). The molecule has 0 aromatic rings. The number of hydroxylamine groups is 2. The van der Waals surface area contributed by atoms with Gasteiger partial charge in [-0.2, -0.15) is 8.42 Å². The van der Waals surface area contributed by atoms with Crippen molar-refractivity contribution in [2.24, 2.45) is 0 Å². The highest BCUT2D eigenvalue weighted by atomic mass is 32.2. The summed E-state index contributed by atoms with van der Waals surface area (Å²) in [5.41, 5.74) is 0. The highest BCUT2D eigenvalue weighted by Gasteiger charge is 2.35. The number of imide groups is 1. The lowest BCUT2D eigenvalue weighted by Crippen LogP contribution is -2.44. The minimum atomic E-state index is -4.67. The molecule has 0 spiro atoms. The zero-order valence-corrected chi connectivity index (χ0v) is 9.93. The van der Waals surface area contributed by atoms with E-state index in [0.717, 1.165) is 0 Å². The van der Waals surface area contributed by atoms with Crippen LogP contribution in [0, 0.1) is 0 Å². The molecule has 0 fully saturated rings. The van der Waals surface area contributed by atoms with Crippen molar-refractivity contribution in [2.45, 2.75) is 18.6 Å². The van der Waals surface area contributed by atoms with Crippen molar-refractivity contribution in [2.75, 3.05) is 7.05 Å². The van der Waals surface area contributed by atoms with Gasteiger partial charge in [-0.15, -0.1) is 5.06 Å². The molecule has 0 saturated heterocycles. The quantitative estimate of drug-likeness (QED) is 0.376. The van der Waals surface area contributed by atoms with Gasteiger partial charge in [-0.25, -0.2) is 4.79 Å². The summed E-state index contributed by atoms with van der Waals surface area (Å²) in [6.07, 6.45) is -1.58. The Balaban J connectivity index is 4.97. The van der Waals surface area contributed by atoms with Crippen LogP contribution in [0.5, 0.6) is 0 Å². The summed E-state index contributed by atoms with van der Waals surface area (Å²) < 4.78 is 30.4. The van der Waals surface area contributed by atoms with Gasteiger partial charge in [-0.3, -0.25) is 14.1 Å². The van der Waals surface area contributed by atoms with Crippen molar-refractivity contribution < 1.29 is 32.2 Å². The molecule has 0 aliphatic heterocycles. The van der Waals surface area contributed by atoms with Crippen LogP contribution in [0.1, 0.15) is 13.3 Å². The molecule has 2 N–H and O–H groups in total. The topological polar surface area (TPSA) is 130 Å². The summed E-state index contributed by atoms with van der Waals surface area (Å²) in [7, 11) is -3.50. The molecule has 0 bridgehead atoms. The molecule has 1 unspecified atom stereocenters. The van der Waals surface area contributed by atoms with Crippen LogP contribution < -0.4 is 5.32 Å².